The third-order valence-corrected chi connectivity index (χ3v) is 2.87. The Kier molecular flexibility index (Phi) is 5.27. The van der Waals surface area contributed by atoms with Crippen LogP contribution >= 0.6 is 27.5 Å². The van der Waals surface area contributed by atoms with Gasteiger partial charge in [0, 0.05) is 10.9 Å². The largest absolute Gasteiger partial charge is 0.461 e. The van der Waals surface area contributed by atoms with Crippen molar-refractivity contribution >= 4 is 33.5 Å². The Hall–Kier alpha value is -0.750. The number of hydrogen-bond donors (Lipinski definition) is 0. The molecule has 0 saturated carbocycles. The number of esters is 1. The highest BCUT2D eigenvalue weighted by molar-refractivity contribution is 9.08. The van der Waals surface area contributed by atoms with Crippen molar-refractivity contribution in [1.82, 2.24) is 4.98 Å². The minimum Gasteiger partial charge on any atom is -0.461 e. The summed E-state index contributed by atoms with van der Waals surface area (Å²) < 4.78 is 30.1. The Morgan fingerprint density at radius 2 is 2.29 bits per heavy atom. The number of ether oxygens (including phenoxy) is 1. The second kappa shape index (κ2) is 6.26. The summed E-state index contributed by atoms with van der Waals surface area (Å²) in [4.78, 5) is 15.3. The molecule has 0 fully saturated rings. The number of pyridine rings is 1. The summed E-state index contributed by atoms with van der Waals surface area (Å²) in [6.45, 7) is 1.77. The van der Waals surface area contributed by atoms with E-state index in [2.05, 4.69) is 20.9 Å². The highest BCUT2D eigenvalue weighted by atomic mass is 79.9. The average molecular weight is 329 g/mol. The lowest BCUT2D eigenvalue weighted by Gasteiger charge is -2.09. The van der Waals surface area contributed by atoms with Gasteiger partial charge in [0.1, 0.15) is 5.69 Å². The Morgan fingerprint density at radius 3 is 2.76 bits per heavy atom. The average Bonchev–Trinajstić information content (AvgIpc) is 2.29. The molecule has 0 radical (unpaired) electrons. The second-order valence-electron chi connectivity index (χ2n) is 3.01. The number of halogens is 4. The van der Waals surface area contributed by atoms with Crippen molar-refractivity contribution in [2.75, 3.05) is 6.61 Å². The van der Waals surface area contributed by atoms with Crippen LogP contribution in [0.2, 0.25) is 5.02 Å². The smallest absolute Gasteiger partial charge is 0.356 e. The molecule has 3 nitrogen and oxygen atoms in total. The molecule has 0 spiro atoms. The molecule has 0 aliphatic rings. The van der Waals surface area contributed by atoms with Crippen molar-refractivity contribution in [1.29, 1.82) is 0 Å². The van der Waals surface area contributed by atoms with Gasteiger partial charge >= 0.3 is 5.97 Å². The summed E-state index contributed by atoms with van der Waals surface area (Å²) in [6, 6.07) is 0.956. The van der Waals surface area contributed by atoms with Crippen molar-refractivity contribution in [2.24, 2.45) is 0 Å². The fourth-order valence-corrected chi connectivity index (χ4v) is 1.97. The first-order valence-electron chi connectivity index (χ1n) is 4.71. The van der Waals surface area contributed by atoms with Crippen LogP contribution in [0.5, 0.6) is 0 Å². The first-order chi connectivity index (χ1) is 8.01. The van der Waals surface area contributed by atoms with Gasteiger partial charge in [-0.3, -0.25) is 0 Å². The second-order valence-corrected chi connectivity index (χ2v) is 3.95. The molecule has 0 bridgehead atoms. The number of aromatic nitrogens is 1. The van der Waals surface area contributed by atoms with Crippen LogP contribution in [0.1, 0.15) is 35.1 Å². The normalized spacial score (nSPS) is 10.7. The van der Waals surface area contributed by atoms with E-state index in [0.717, 1.165) is 6.07 Å². The number of hydrogen-bond acceptors (Lipinski definition) is 3. The van der Waals surface area contributed by atoms with E-state index in [1.165, 1.54) is 0 Å². The zero-order valence-electron chi connectivity index (χ0n) is 8.84. The summed E-state index contributed by atoms with van der Waals surface area (Å²) in [5.41, 5.74) is -0.396. The molecular weight excluding hydrogens is 319 g/mol. The summed E-state index contributed by atoms with van der Waals surface area (Å²) in [6.07, 6.45) is -2.77. The minimum absolute atomic E-state index is 0.134. The maximum Gasteiger partial charge on any atom is 0.356 e. The van der Waals surface area contributed by atoms with Gasteiger partial charge in [0.2, 0.25) is 0 Å². The summed E-state index contributed by atoms with van der Waals surface area (Å²) in [5.74, 6) is -0.742. The van der Waals surface area contributed by atoms with Gasteiger partial charge in [-0.2, -0.15) is 0 Å². The molecule has 1 aromatic heterocycles. The van der Waals surface area contributed by atoms with E-state index < -0.39 is 18.0 Å². The standard InChI is InChI=1S/C10H9BrClF2NO2/c1-2-17-10(16)6-3-5(9(13)14)8(12)7(4-11)15-6/h3,9H,2,4H2,1H3. The van der Waals surface area contributed by atoms with Crippen molar-refractivity contribution in [3.05, 3.63) is 28.0 Å². The molecule has 1 heterocycles. The first-order valence-corrected chi connectivity index (χ1v) is 6.21. The van der Waals surface area contributed by atoms with Crippen molar-refractivity contribution in [3.8, 4) is 0 Å². The topological polar surface area (TPSA) is 39.2 Å². The summed E-state index contributed by atoms with van der Waals surface area (Å²) >= 11 is 8.80. The minimum atomic E-state index is -2.77. The number of carbonyl (C=O) groups excluding carboxylic acids is 1. The molecule has 94 valence electrons. The molecule has 17 heavy (non-hydrogen) atoms. The van der Waals surface area contributed by atoms with E-state index in [9.17, 15) is 13.6 Å². The molecule has 1 rings (SSSR count). The number of rotatable bonds is 4. The van der Waals surface area contributed by atoms with Crippen molar-refractivity contribution in [3.63, 3.8) is 0 Å². The van der Waals surface area contributed by atoms with Crippen LogP contribution in [-0.4, -0.2) is 17.6 Å². The number of carbonyl (C=O) groups is 1. The SMILES string of the molecule is CCOC(=O)c1cc(C(F)F)c(Cl)c(CBr)n1. The van der Waals surface area contributed by atoms with Gasteiger partial charge in [-0.25, -0.2) is 18.6 Å². The first kappa shape index (κ1) is 14.3. The monoisotopic (exact) mass is 327 g/mol. The highest BCUT2D eigenvalue weighted by Gasteiger charge is 2.20. The van der Waals surface area contributed by atoms with Gasteiger partial charge in [0.15, 0.2) is 0 Å². The molecule has 0 unspecified atom stereocenters. The van der Waals surface area contributed by atoms with Crippen LogP contribution in [0.3, 0.4) is 0 Å². The van der Waals surface area contributed by atoms with Gasteiger partial charge in [-0.15, -0.1) is 0 Å². The lowest BCUT2D eigenvalue weighted by atomic mass is 10.2. The summed E-state index contributed by atoms with van der Waals surface area (Å²) in [5, 5.41) is 0.0450. The highest BCUT2D eigenvalue weighted by Crippen LogP contribution is 2.30. The van der Waals surface area contributed by atoms with Gasteiger partial charge in [-0.05, 0) is 13.0 Å². The van der Waals surface area contributed by atoms with Gasteiger partial charge in [0.05, 0.1) is 17.3 Å². The molecule has 0 atom stereocenters. The third-order valence-electron chi connectivity index (χ3n) is 1.90. The van der Waals surface area contributed by atoms with E-state index in [-0.39, 0.29) is 28.3 Å². The molecule has 0 aromatic carbocycles. The van der Waals surface area contributed by atoms with E-state index in [0.29, 0.717) is 0 Å². The van der Waals surface area contributed by atoms with Crippen LogP contribution in [0.25, 0.3) is 0 Å². The molecule has 0 N–H and O–H groups in total. The van der Waals surface area contributed by atoms with Crippen LogP contribution in [0, 0.1) is 0 Å². The molecule has 7 heteroatoms. The molecule has 1 aromatic rings. The lowest BCUT2D eigenvalue weighted by Crippen LogP contribution is -2.10. The Labute approximate surface area is 110 Å². The molecular formula is C10H9BrClF2NO2. The quantitative estimate of drug-likeness (QED) is 0.624. The Bertz CT molecular complexity index is 429. The van der Waals surface area contributed by atoms with Crippen LogP contribution in [-0.2, 0) is 10.1 Å². The van der Waals surface area contributed by atoms with Crippen LogP contribution in [0.15, 0.2) is 6.07 Å². The molecule has 0 saturated heterocycles. The summed E-state index contributed by atoms with van der Waals surface area (Å²) in [7, 11) is 0. The Balaban J connectivity index is 3.25. The molecule has 0 amide bonds. The van der Waals surface area contributed by atoms with Gasteiger partial charge in [0.25, 0.3) is 6.43 Å². The van der Waals surface area contributed by atoms with E-state index >= 15 is 0 Å². The number of nitrogens with zero attached hydrogens (tertiary/aromatic N) is 1. The van der Waals surface area contributed by atoms with Crippen LogP contribution in [0.4, 0.5) is 8.78 Å². The predicted molar refractivity (Wildman–Crippen MR) is 62.8 cm³/mol. The predicted octanol–water partition coefficient (Wildman–Crippen LogP) is 3.74. The fourth-order valence-electron chi connectivity index (χ4n) is 1.16. The van der Waals surface area contributed by atoms with E-state index in [1.807, 2.05) is 0 Å². The zero-order chi connectivity index (χ0) is 13.0. The van der Waals surface area contributed by atoms with E-state index in [1.54, 1.807) is 6.92 Å². The maximum atomic E-state index is 12.7. The Morgan fingerprint density at radius 1 is 1.65 bits per heavy atom. The maximum absolute atomic E-state index is 12.7. The third kappa shape index (κ3) is 3.35. The van der Waals surface area contributed by atoms with Gasteiger partial charge < -0.3 is 4.74 Å². The number of alkyl halides is 3. The fraction of sp³-hybridized carbons (Fsp3) is 0.400. The van der Waals surface area contributed by atoms with Crippen LogP contribution < -0.4 is 0 Å². The van der Waals surface area contributed by atoms with Gasteiger partial charge in [-0.1, -0.05) is 27.5 Å². The molecule has 0 aliphatic heterocycles. The zero-order valence-corrected chi connectivity index (χ0v) is 11.2. The lowest BCUT2D eigenvalue weighted by molar-refractivity contribution is 0.0518. The van der Waals surface area contributed by atoms with Crippen molar-refractivity contribution < 1.29 is 18.3 Å². The molecule has 0 aliphatic carbocycles. The van der Waals surface area contributed by atoms with Crippen molar-refractivity contribution in [2.45, 2.75) is 18.7 Å². The van der Waals surface area contributed by atoms with E-state index in [4.69, 9.17) is 16.3 Å².